The normalized spacial score (nSPS) is 32.4. The molecule has 1 atom stereocenters. The topological polar surface area (TPSA) is 20.2 Å². The van der Waals surface area contributed by atoms with Crippen molar-refractivity contribution in [3.63, 3.8) is 0 Å². The summed E-state index contributed by atoms with van der Waals surface area (Å²) >= 11 is 0. The Morgan fingerprint density at radius 3 is 2.73 bits per heavy atom. The number of aliphatic hydroxyl groups is 1. The summed E-state index contributed by atoms with van der Waals surface area (Å²) in [5.74, 6) is 0.344. The van der Waals surface area contributed by atoms with E-state index in [1.165, 1.54) is 6.42 Å². The zero-order valence-corrected chi connectivity index (χ0v) is 7.51. The second-order valence-corrected chi connectivity index (χ2v) is 3.79. The molecule has 0 aromatic carbocycles. The fraction of sp³-hybridized carbons (Fsp3) is 0.800. The van der Waals surface area contributed by atoms with E-state index in [0.29, 0.717) is 5.92 Å². The van der Waals surface area contributed by atoms with Gasteiger partial charge in [0.2, 0.25) is 0 Å². The smallest absolute Gasteiger partial charge is 0.0850 e. The zero-order valence-electron chi connectivity index (χ0n) is 7.51. The molecule has 1 aliphatic rings. The molecule has 0 aliphatic heterocycles. The van der Waals surface area contributed by atoms with Crippen molar-refractivity contribution < 1.29 is 5.11 Å². The van der Waals surface area contributed by atoms with Gasteiger partial charge in [0, 0.05) is 0 Å². The van der Waals surface area contributed by atoms with E-state index in [9.17, 15) is 5.11 Å². The Morgan fingerprint density at radius 1 is 1.36 bits per heavy atom. The molecule has 0 aromatic heterocycles. The highest BCUT2D eigenvalue weighted by molar-refractivity contribution is 5.04. The van der Waals surface area contributed by atoms with Crippen LogP contribution in [0.1, 0.15) is 39.5 Å². The number of rotatable bonds is 1. The summed E-state index contributed by atoms with van der Waals surface area (Å²) in [5.41, 5.74) is -0.517. The lowest BCUT2D eigenvalue weighted by atomic mass is 9.86. The molecule has 1 nitrogen and oxygen atoms in total. The maximum Gasteiger partial charge on any atom is 0.0850 e. The molecule has 1 unspecified atom stereocenters. The van der Waals surface area contributed by atoms with Crippen molar-refractivity contribution in [1.82, 2.24) is 0 Å². The van der Waals surface area contributed by atoms with Crippen LogP contribution in [0.4, 0.5) is 0 Å². The maximum absolute atomic E-state index is 10.0. The molecule has 0 radical (unpaired) electrons. The lowest BCUT2D eigenvalue weighted by molar-refractivity contribution is 0.0342. The summed E-state index contributed by atoms with van der Waals surface area (Å²) in [5, 5.41) is 10.0. The van der Waals surface area contributed by atoms with Gasteiger partial charge in [-0.05, 0) is 31.6 Å². The molecule has 0 spiro atoms. The predicted molar refractivity (Wildman–Crippen MR) is 47.4 cm³/mol. The van der Waals surface area contributed by atoms with Crippen molar-refractivity contribution in [2.45, 2.75) is 45.1 Å². The fourth-order valence-corrected chi connectivity index (χ4v) is 1.52. The first kappa shape index (κ1) is 8.79. The van der Waals surface area contributed by atoms with Gasteiger partial charge >= 0.3 is 0 Å². The van der Waals surface area contributed by atoms with Crippen molar-refractivity contribution in [2.24, 2.45) is 5.92 Å². The van der Waals surface area contributed by atoms with Crippen LogP contribution in [0.15, 0.2) is 12.2 Å². The summed E-state index contributed by atoms with van der Waals surface area (Å²) in [4.78, 5) is 0. The SMILES string of the molecule is CC(C)C1(O)C=CCCCC1. The molecule has 1 heteroatoms. The van der Waals surface area contributed by atoms with Gasteiger partial charge in [0.05, 0.1) is 5.60 Å². The molecule has 0 saturated carbocycles. The van der Waals surface area contributed by atoms with Gasteiger partial charge in [-0.1, -0.05) is 26.0 Å². The lowest BCUT2D eigenvalue weighted by Crippen LogP contribution is -2.31. The summed E-state index contributed by atoms with van der Waals surface area (Å²) in [6.45, 7) is 4.16. The molecule has 1 N–H and O–H groups in total. The number of allylic oxidation sites excluding steroid dienone is 1. The average molecular weight is 154 g/mol. The highest BCUT2D eigenvalue weighted by Gasteiger charge is 2.27. The quantitative estimate of drug-likeness (QED) is 0.575. The first-order valence-electron chi connectivity index (χ1n) is 4.55. The molecule has 0 fully saturated rings. The van der Waals surface area contributed by atoms with Gasteiger partial charge < -0.3 is 5.11 Å². The molecule has 64 valence electrons. The van der Waals surface area contributed by atoms with Crippen molar-refractivity contribution in [3.8, 4) is 0 Å². The highest BCUT2D eigenvalue weighted by Crippen LogP contribution is 2.28. The van der Waals surface area contributed by atoms with Crippen LogP contribution >= 0.6 is 0 Å². The van der Waals surface area contributed by atoms with Crippen LogP contribution in [-0.2, 0) is 0 Å². The Bertz CT molecular complexity index is 149. The molecule has 0 saturated heterocycles. The molecule has 0 bridgehead atoms. The second-order valence-electron chi connectivity index (χ2n) is 3.79. The largest absolute Gasteiger partial charge is 0.386 e. The van der Waals surface area contributed by atoms with Gasteiger partial charge in [-0.25, -0.2) is 0 Å². The number of hydrogen-bond donors (Lipinski definition) is 1. The van der Waals surface area contributed by atoms with E-state index in [4.69, 9.17) is 0 Å². The van der Waals surface area contributed by atoms with Crippen LogP contribution in [0.5, 0.6) is 0 Å². The second kappa shape index (κ2) is 3.40. The Morgan fingerprint density at radius 2 is 2.09 bits per heavy atom. The van der Waals surface area contributed by atoms with E-state index in [-0.39, 0.29) is 0 Å². The van der Waals surface area contributed by atoms with Crippen LogP contribution in [0, 0.1) is 5.92 Å². The van der Waals surface area contributed by atoms with Crippen LogP contribution in [0.3, 0.4) is 0 Å². The van der Waals surface area contributed by atoms with Gasteiger partial charge in [-0.15, -0.1) is 0 Å². The van der Waals surface area contributed by atoms with Crippen LogP contribution in [0.25, 0.3) is 0 Å². The van der Waals surface area contributed by atoms with E-state index in [1.54, 1.807) is 0 Å². The molecule has 1 aliphatic carbocycles. The van der Waals surface area contributed by atoms with Crippen molar-refractivity contribution in [1.29, 1.82) is 0 Å². The maximum atomic E-state index is 10.0. The summed E-state index contributed by atoms with van der Waals surface area (Å²) in [7, 11) is 0. The third-order valence-electron chi connectivity index (χ3n) is 2.60. The third kappa shape index (κ3) is 2.06. The Labute approximate surface area is 69.1 Å². The molecule has 1 rings (SSSR count). The van der Waals surface area contributed by atoms with Crippen molar-refractivity contribution in [2.75, 3.05) is 0 Å². The minimum absolute atomic E-state index is 0.344. The molecular weight excluding hydrogens is 136 g/mol. The van der Waals surface area contributed by atoms with E-state index in [2.05, 4.69) is 19.9 Å². The molecule has 0 amide bonds. The number of hydrogen-bond acceptors (Lipinski definition) is 1. The standard InChI is InChI=1S/C10H18O/c1-9(2)10(11)7-5-3-4-6-8-10/h5,7,9,11H,3-4,6,8H2,1-2H3. The molecule has 0 heterocycles. The summed E-state index contributed by atoms with van der Waals surface area (Å²) < 4.78 is 0. The first-order chi connectivity index (χ1) is 5.15. The Hall–Kier alpha value is -0.300. The summed E-state index contributed by atoms with van der Waals surface area (Å²) in [6.07, 6.45) is 8.56. The Balaban J connectivity index is 2.65. The fourth-order valence-electron chi connectivity index (χ4n) is 1.52. The monoisotopic (exact) mass is 154 g/mol. The van der Waals surface area contributed by atoms with Gasteiger partial charge in [-0.2, -0.15) is 0 Å². The van der Waals surface area contributed by atoms with E-state index >= 15 is 0 Å². The van der Waals surface area contributed by atoms with E-state index in [0.717, 1.165) is 19.3 Å². The van der Waals surface area contributed by atoms with Crippen LogP contribution in [0.2, 0.25) is 0 Å². The molecule has 0 aromatic rings. The van der Waals surface area contributed by atoms with Gasteiger partial charge in [-0.3, -0.25) is 0 Å². The van der Waals surface area contributed by atoms with Gasteiger partial charge in [0.15, 0.2) is 0 Å². The zero-order chi connectivity index (χ0) is 8.32. The van der Waals surface area contributed by atoms with Crippen LogP contribution < -0.4 is 0 Å². The predicted octanol–water partition coefficient (Wildman–Crippen LogP) is 2.50. The van der Waals surface area contributed by atoms with Crippen LogP contribution in [-0.4, -0.2) is 10.7 Å². The van der Waals surface area contributed by atoms with Crippen molar-refractivity contribution in [3.05, 3.63) is 12.2 Å². The highest BCUT2D eigenvalue weighted by atomic mass is 16.3. The van der Waals surface area contributed by atoms with Gasteiger partial charge in [0.1, 0.15) is 0 Å². The third-order valence-corrected chi connectivity index (χ3v) is 2.60. The lowest BCUT2D eigenvalue weighted by Gasteiger charge is -2.27. The minimum atomic E-state index is -0.517. The first-order valence-corrected chi connectivity index (χ1v) is 4.55. The minimum Gasteiger partial charge on any atom is -0.386 e. The Kier molecular flexibility index (Phi) is 2.72. The van der Waals surface area contributed by atoms with Gasteiger partial charge in [0.25, 0.3) is 0 Å². The van der Waals surface area contributed by atoms with E-state index in [1.807, 2.05) is 6.08 Å². The van der Waals surface area contributed by atoms with E-state index < -0.39 is 5.60 Å². The van der Waals surface area contributed by atoms with Crippen molar-refractivity contribution >= 4 is 0 Å². The molecule has 11 heavy (non-hydrogen) atoms. The summed E-state index contributed by atoms with van der Waals surface area (Å²) in [6, 6.07) is 0. The molecular formula is C10H18O. The average Bonchev–Trinajstić information content (AvgIpc) is 2.15.